The van der Waals surface area contributed by atoms with Crippen molar-refractivity contribution in [2.75, 3.05) is 11.5 Å². The Kier molecular flexibility index (Phi) is 6.58. The van der Waals surface area contributed by atoms with Gasteiger partial charge in [0.05, 0.1) is 0 Å². The third-order valence-electron chi connectivity index (χ3n) is 5.13. The molecule has 0 radical (unpaired) electrons. The molecule has 0 bridgehead atoms. The average molecular weight is 477 g/mol. The molecule has 0 aliphatic carbocycles. The first-order chi connectivity index (χ1) is 17.6. The first-order valence-electron chi connectivity index (χ1n) is 11.3. The molecule has 5 aromatic rings. The molecule has 0 heterocycles. The van der Waals surface area contributed by atoms with Gasteiger partial charge in [0.2, 0.25) is 0 Å². The van der Waals surface area contributed by atoms with E-state index in [1.807, 2.05) is 91.0 Å². The van der Waals surface area contributed by atoms with Gasteiger partial charge in [-0.25, -0.2) is 0 Å². The lowest BCUT2D eigenvalue weighted by Gasteiger charge is -2.14. The third-order valence-corrected chi connectivity index (χ3v) is 5.13. The minimum Gasteiger partial charge on any atom is -0.453 e. The van der Waals surface area contributed by atoms with E-state index >= 15 is 0 Å². The number of hydrogen-bond donors (Lipinski definition) is 2. The fourth-order valence-corrected chi connectivity index (χ4v) is 3.50. The van der Waals surface area contributed by atoms with Crippen LogP contribution < -0.4 is 30.4 Å². The van der Waals surface area contributed by atoms with Crippen molar-refractivity contribution in [3.8, 4) is 46.0 Å². The van der Waals surface area contributed by atoms with E-state index in [0.717, 1.165) is 0 Å². The Hall–Kier alpha value is -5.10. The summed E-state index contributed by atoms with van der Waals surface area (Å²) in [5.74, 6) is 4.67. The minimum absolute atomic E-state index is 0.558. The molecule has 5 aromatic carbocycles. The zero-order valence-electron chi connectivity index (χ0n) is 19.3. The predicted octanol–water partition coefficient (Wildman–Crippen LogP) is 8.02. The van der Waals surface area contributed by atoms with E-state index in [2.05, 4.69) is 0 Å². The summed E-state index contributed by atoms with van der Waals surface area (Å²) in [5, 5.41) is 0. The molecule has 0 fully saturated rings. The van der Waals surface area contributed by atoms with Gasteiger partial charge in [0.25, 0.3) is 0 Å². The zero-order chi connectivity index (χ0) is 24.7. The highest BCUT2D eigenvalue weighted by molar-refractivity contribution is 5.51. The van der Waals surface area contributed by atoms with Crippen molar-refractivity contribution in [1.82, 2.24) is 0 Å². The van der Waals surface area contributed by atoms with Crippen molar-refractivity contribution >= 4 is 11.4 Å². The van der Waals surface area contributed by atoms with E-state index in [9.17, 15) is 0 Å². The quantitative estimate of drug-likeness (QED) is 0.220. The van der Waals surface area contributed by atoms with Gasteiger partial charge in [0, 0.05) is 29.6 Å². The average Bonchev–Trinajstić information content (AvgIpc) is 2.87. The maximum absolute atomic E-state index is 6.15. The number of para-hydroxylation sites is 4. The van der Waals surface area contributed by atoms with E-state index in [1.54, 1.807) is 30.3 Å². The summed E-state index contributed by atoms with van der Waals surface area (Å²) in [4.78, 5) is 0. The molecule has 178 valence electrons. The monoisotopic (exact) mass is 476 g/mol. The highest BCUT2D eigenvalue weighted by atomic mass is 16.5. The molecule has 0 saturated heterocycles. The van der Waals surface area contributed by atoms with Gasteiger partial charge in [0.15, 0.2) is 23.0 Å². The van der Waals surface area contributed by atoms with Crippen LogP contribution >= 0.6 is 0 Å². The van der Waals surface area contributed by atoms with Crippen molar-refractivity contribution in [2.45, 2.75) is 0 Å². The summed E-state index contributed by atoms with van der Waals surface area (Å²) < 4.78 is 24.3. The van der Waals surface area contributed by atoms with Gasteiger partial charge in [-0.05, 0) is 60.7 Å². The summed E-state index contributed by atoms with van der Waals surface area (Å²) in [6.07, 6.45) is 0. The normalized spacial score (nSPS) is 10.4. The van der Waals surface area contributed by atoms with Crippen LogP contribution in [0.25, 0.3) is 0 Å². The van der Waals surface area contributed by atoms with Gasteiger partial charge < -0.3 is 30.4 Å². The fraction of sp³-hybridized carbons (Fsp3) is 0. The van der Waals surface area contributed by atoms with Crippen LogP contribution in [0.15, 0.2) is 121 Å². The summed E-state index contributed by atoms with van der Waals surface area (Å²) >= 11 is 0. The number of anilines is 2. The third kappa shape index (κ3) is 5.69. The lowest BCUT2D eigenvalue weighted by atomic mass is 10.2. The highest BCUT2D eigenvalue weighted by Gasteiger charge is 2.11. The molecule has 6 heteroatoms. The molecule has 0 spiro atoms. The topological polar surface area (TPSA) is 89.0 Å². The predicted molar refractivity (Wildman–Crippen MR) is 141 cm³/mol. The Labute approximate surface area is 209 Å². The summed E-state index contributed by atoms with van der Waals surface area (Å²) in [5.41, 5.74) is 13.0. The van der Waals surface area contributed by atoms with Gasteiger partial charge in [-0.3, -0.25) is 0 Å². The smallest absolute Gasteiger partial charge is 0.169 e. The Balaban J connectivity index is 1.34. The Morgan fingerprint density at radius 1 is 0.333 bits per heavy atom. The Morgan fingerprint density at radius 3 is 0.972 bits per heavy atom. The molecular weight excluding hydrogens is 452 g/mol. The Morgan fingerprint density at radius 2 is 0.639 bits per heavy atom. The number of rotatable bonds is 8. The molecule has 36 heavy (non-hydrogen) atoms. The van der Waals surface area contributed by atoms with Crippen LogP contribution in [0.1, 0.15) is 0 Å². The van der Waals surface area contributed by atoms with Crippen LogP contribution in [0, 0.1) is 0 Å². The van der Waals surface area contributed by atoms with Crippen LogP contribution in [0.4, 0.5) is 11.4 Å². The Bertz CT molecular complexity index is 1380. The van der Waals surface area contributed by atoms with Crippen molar-refractivity contribution in [3.05, 3.63) is 121 Å². The second-order valence-corrected chi connectivity index (χ2v) is 7.92. The number of nitrogens with two attached hydrogens (primary N) is 2. The molecular formula is C30H24N2O4. The van der Waals surface area contributed by atoms with Gasteiger partial charge in [-0.15, -0.1) is 0 Å². The molecule has 0 aliphatic rings. The van der Waals surface area contributed by atoms with Crippen molar-refractivity contribution in [1.29, 1.82) is 0 Å². The first kappa shape index (κ1) is 22.7. The minimum atomic E-state index is 0.558. The van der Waals surface area contributed by atoms with E-state index in [0.29, 0.717) is 57.4 Å². The second kappa shape index (κ2) is 10.4. The van der Waals surface area contributed by atoms with E-state index in [-0.39, 0.29) is 0 Å². The SMILES string of the molecule is Nc1cccc(Oc2ccccc2Oc2cccc(Oc3ccccc3Oc3cccc(N)c3)c2)c1. The molecule has 0 atom stereocenters. The van der Waals surface area contributed by atoms with E-state index in [1.165, 1.54) is 0 Å². The molecule has 4 N–H and O–H groups in total. The molecule has 5 rings (SSSR count). The van der Waals surface area contributed by atoms with Gasteiger partial charge >= 0.3 is 0 Å². The van der Waals surface area contributed by atoms with Crippen molar-refractivity contribution < 1.29 is 18.9 Å². The van der Waals surface area contributed by atoms with Crippen LogP contribution in [0.3, 0.4) is 0 Å². The molecule has 6 nitrogen and oxygen atoms in total. The summed E-state index contributed by atoms with van der Waals surface area (Å²) in [7, 11) is 0. The lowest BCUT2D eigenvalue weighted by Crippen LogP contribution is -1.93. The highest BCUT2D eigenvalue weighted by Crippen LogP contribution is 2.38. The maximum atomic E-state index is 6.15. The molecule has 0 saturated carbocycles. The van der Waals surface area contributed by atoms with Crippen LogP contribution in [-0.2, 0) is 0 Å². The number of ether oxygens (including phenoxy) is 4. The van der Waals surface area contributed by atoms with Gasteiger partial charge in [0.1, 0.15) is 23.0 Å². The lowest BCUT2D eigenvalue weighted by molar-refractivity contribution is 0.408. The van der Waals surface area contributed by atoms with Crippen LogP contribution in [0.2, 0.25) is 0 Å². The summed E-state index contributed by atoms with van der Waals surface area (Å²) in [6, 6.07) is 36.7. The van der Waals surface area contributed by atoms with Crippen molar-refractivity contribution in [2.24, 2.45) is 0 Å². The van der Waals surface area contributed by atoms with Crippen LogP contribution in [-0.4, -0.2) is 0 Å². The first-order valence-corrected chi connectivity index (χ1v) is 11.3. The molecule has 0 amide bonds. The van der Waals surface area contributed by atoms with Gasteiger partial charge in [-0.2, -0.15) is 0 Å². The molecule has 0 aliphatic heterocycles. The van der Waals surface area contributed by atoms with Crippen LogP contribution in [0.5, 0.6) is 46.0 Å². The molecule has 0 unspecified atom stereocenters. The summed E-state index contributed by atoms with van der Waals surface area (Å²) in [6.45, 7) is 0. The molecule has 0 aromatic heterocycles. The standard InChI is InChI=1S/C30H24N2O4/c31-21-8-5-10-23(18-21)33-27-14-1-3-16-29(27)35-25-12-7-13-26(20-25)36-30-17-4-2-15-28(30)34-24-11-6-9-22(32)19-24/h1-20H,31-32H2. The van der Waals surface area contributed by atoms with E-state index < -0.39 is 0 Å². The van der Waals surface area contributed by atoms with Crippen molar-refractivity contribution in [3.63, 3.8) is 0 Å². The number of benzene rings is 5. The number of hydrogen-bond acceptors (Lipinski definition) is 6. The number of nitrogen functional groups attached to an aromatic ring is 2. The maximum Gasteiger partial charge on any atom is 0.169 e. The largest absolute Gasteiger partial charge is 0.453 e. The zero-order valence-corrected chi connectivity index (χ0v) is 19.3. The second-order valence-electron chi connectivity index (χ2n) is 7.92. The van der Waals surface area contributed by atoms with Gasteiger partial charge in [-0.1, -0.05) is 42.5 Å². The fourth-order valence-electron chi connectivity index (χ4n) is 3.50. The van der Waals surface area contributed by atoms with E-state index in [4.69, 9.17) is 30.4 Å².